The van der Waals surface area contributed by atoms with Crippen LogP contribution in [0.3, 0.4) is 0 Å². The molecule has 0 bridgehead atoms. The van der Waals surface area contributed by atoms with Crippen LogP contribution in [0.4, 0.5) is 14.9 Å². The maximum atomic E-state index is 13.3. The van der Waals surface area contributed by atoms with Gasteiger partial charge in [-0.05, 0) is 18.6 Å². The summed E-state index contributed by atoms with van der Waals surface area (Å²) in [7, 11) is 0. The lowest BCUT2D eigenvalue weighted by Gasteiger charge is -2.27. The zero-order chi connectivity index (χ0) is 9.97. The first kappa shape index (κ1) is 8.99. The largest absolute Gasteiger partial charge is 0.338 e. The van der Waals surface area contributed by atoms with Gasteiger partial charge in [-0.15, -0.1) is 0 Å². The number of para-hydroxylation sites is 1. The molecule has 3 nitrogen and oxygen atoms in total. The number of urea groups is 1. The van der Waals surface area contributed by atoms with Crippen LogP contribution in [0, 0.1) is 5.82 Å². The number of hydrogen-bond acceptors (Lipinski definition) is 1. The SMILES string of the molecule is O=C1NCCCN1c1ccccc1F. The third-order valence-corrected chi connectivity index (χ3v) is 2.22. The summed E-state index contributed by atoms with van der Waals surface area (Å²) in [6.45, 7) is 1.25. The van der Waals surface area contributed by atoms with E-state index in [2.05, 4.69) is 5.32 Å². The minimum absolute atomic E-state index is 0.221. The number of nitrogens with zero attached hydrogens (tertiary/aromatic N) is 1. The summed E-state index contributed by atoms with van der Waals surface area (Å²) >= 11 is 0. The molecule has 0 radical (unpaired) electrons. The average molecular weight is 194 g/mol. The van der Waals surface area contributed by atoms with Gasteiger partial charge in [-0.1, -0.05) is 12.1 Å². The summed E-state index contributed by atoms with van der Waals surface area (Å²) in [5, 5.41) is 2.68. The lowest BCUT2D eigenvalue weighted by molar-refractivity contribution is 0.242. The second kappa shape index (κ2) is 3.65. The normalized spacial score (nSPS) is 16.6. The van der Waals surface area contributed by atoms with Crippen LogP contribution in [0.5, 0.6) is 0 Å². The second-order valence-corrected chi connectivity index (χ2v) is 3.19. The van der Waals surface area contributed by atoms with Gasteiger partial charge in [-0.2, -0.15) is 0 Å². The van der Waals surface area contributed by atoms with Crippen LogP contribution < -0.4 is 10.2 Å². The number of nitrogens with one attached hydrogen (secondary N) is 1. The number of anilines is 1. The lowest BCUT2D eigenvalue weighted by Crippen LogP contribution is -2.46. The van der Waals surface area contributed by atoms with E-state index >= 15 is 0 Å². The molecule has 2 rings (SSSR count). The Kier molecular flexibility index (Phi) is 2.35. The van der Waals surface area contributed by atoms with Crippen molar-refractivity contribution in [3.8, 4) is 0 Å². The summed E-state index contributed by atoms with van der Waals surface area (Å²) < 4.78 is 13.3. The summed E-state index contributed by atoms with van der Waals surface area (Å²) in [4.78, 5) is 12.8. The van der Waals surface area contributed by atoms with E-state index in [0.29, 0.717) is 18.8 Å². The van der Waals surface area contributed by atoms with Crippen LogP contribution in [0.15, 0.2) is 24.3 Å². The molecule has 2 amide bonds. The van der Waals surface area contributed by atoms with Gasteiger partial charge in [0.2, 0.25) is 0 Å². The molecule has 1 aromatic carbocycles. The molecule has 74 valence electrons. The van der Waals surface area contributed by atoms with E-state index in [0.717, 1.165) is 6.42 Å². The number of hydrogen-bond donors (Lipinski definition) is 1. The van der Waals surface area contributed by atoms with Crippen LogP contribution in [-0.2, 0) is 0 Å². The summed E-state index contributed by atoms with van der Waals surface area (Å²) in [6, 6.07) is 6.08. The highest BCUT2D eigenvalue weighted by Gasteiger charge is 2.21. The maximum absolute atomic E-state index is 13.3. The van der Waals surface area contributed by atoms with Crippen molar-refractivity contribution < 1.29 is 9.18 Å². The third kappa shape index (κ3) is 1.55. The minimum atomic E-state index is -0.357. The quantitative estimate of drug-likeness (QED) is 0.725. The molecule has 14 heavy (non-hydrogen) atoms. The first-order chi connectivity index (χ1) is 6.79. The van der Waals surface area contributed by atoms with Crippen molar-refractivity contribution in [1.82, 2.24) is 5.32 Å². The summed E-state index contributed by atoms with van der Waals surface area (Å²) in [6.07, 6.45) is 0.847. The monoisotopic (exact) mass is 194 g/mol. The first-order valence-corrected chi connectivity index (χ1v) is 4.59. The van der Waals surface area contributed by atoms with Crippen molar-refractivity contribution in [3.63, 3.8) is 0 Å². The molecule has 0 saturated carbocycles. The molecule has 1 fully saturated rings. The van der Waals surface area contributed by atoms with Gasteiger partial charge in [-0.3, -0.25) is 4.90 Å². The van der Waals surface area contributed by atoms with E-state index in [1.165, 1.54) is 11.0 Å². The number of rotatable bonds is 1. The van der Waals surface area contributed by atoms with Crippen LogP contribution in [0.25, 0.3) is 0 Å². The van der Waals surface area contributed by atoms with Gasteiger partial charge in [0.05, 0.1) is 5.69 Å². The standard InChI is InChI=1S/C10H11FN2O/c11-8-4-1-2-5-9(8)13-7-3-6-12-10(13)14/h1-2,4-5H,3,6-7H2,(H,12,14). The van der Waals surface area contributed by atoms with Crippen molar-refractivity contribution in [3.05, 3.63) is 30.1 Å². The molecule has 0 aliphatic carbocycles. The lowest BCUT2D eigenvalue weighted by atomic mass is 10.2. The molecule has 0 spiro atoms. The van der Waals surface area contributed by atoms with Gasteiger partial charge < -0.3 is 5.32 Å². The molecule has 0 unspecified atom stereocenters. The fourth-order valence-electron chi connectivity index (χ4n) is 1.53. The highest BCUT2D eigenvalue weighted by Crippen LogP contribution is 2.19. The van der Waals surface area contributed by atoms with Gasteiger partial charge in [0.1, 0.15) is 5.82 Å². The van der Waals surface area contributed by atoms with E-state index < -0.39 is 0 Å². The molecule has 1 aliphatic heterocycles. The fraction of sp³-hybridized carbons (Fsp3) is 0.300. The zero-order valence-electron chi connectivity index (χ0n) is 7.66. The Bertz CT molecular complexity index is 354. The predicted octanol–water partition coefficient (Wildman–Crippen LogP) is 1.75. The van der Waals surface area contributed by atoms with Crippen molar-refractivity contribution >= 4 is 11.7 Å². The Morgan fingerprint density at radius 3 is 2.86 bits per heavy atom. The van der Waals surface area contributed by atoms with E-state index in [9.17, 15) is 9.18 Å². The number of halogens is 1. The fourth-order valence-corrected chi connectivity index (χ4v) is 1.53. The van der Waals surface area contributed by atoms with Crippen LogP contribution >= 0.6 is 0 Å². The Hall–Kier alpha value is -1.58. The molecule has 1 saturated heterocycles. The molecule has 1 N–H and O–H groups in total. The highest BCUT2D eigenvalue weighted by atomic mass is 19.1. The molecule has 1 aromatic rings. The molecule has 0 atom stereocenters. The first-order valence-electron chi connectivity index (χ1n) is 4.59. The van der Waals surface area contributed by atoms with Crippen molar-refractivity contribution in [2.24, 2.45) is 0 Å². The summed E-state index contributed by atoms with van der Waals surface area (Å²) in [5.41, 5.74) is 0.352. The third-order valence-electron chi connectivity index (χ3n) is 2.22. The number of carbonyl (C=O) groups is 1. The Morgan fingerprint density at radius 1 is 1.36 bits per heavy atom. The van der Waals surface area contributed by atoms with E-state index in [4.69, 9.17) is 0 Å². The van der Waals surface area contributed by atoms with E-state index in [-0.39, 0.29) is 11.8 Å². The second-order valence-electron chi connectivity index (χ2n) is 3.19. The van der Waals surface area contributed by atoms with E-state index in [1.54, 1.807) is 18.2 Å². The Morgan fingerprint density at radius 2 is 2.14 bits per heavy atom. The Labute approximate surface area is 81.5 Å². The molecule has 1 aliphatic rings. The molecule has 1 heterocycles. The van der Waals surface area contributed by atoms with Crippen molar-refractivity contribution in [2.75, 3.05) is 18.0 Å². The van der Waals surface area contributed by atoms with Gasteiger partial charge in [0.25, 0.3) is 0 Å². The predicted molar refractivity (Wildman–Crippen MR) is 51.8 cm³/mol. The average Bonchev–Trinajstić information content (AvgIpc) is 2.20. The molecular formula is C10H11FN2O. The molecule has 4 heteroatoms. The van der Waals surface area contributed by atoms with Gasteiger partial charge in [-0.25, -0.2) is 9.18 Å². The van der Waals surface area contributed by atoms with Gasteiger partial charge >= 0.3 is 6.03 Å². The minimum Gasteiger partial charge on any atom is -0.338 e. The highest BCUT2D eigenvalue weighted by molar-refractivity contribution is 5.92. The van der Waals surface area contributed by atoms with Crippen LogP contribution in [0.2, 0.25) is 0 Å². The van der Waals surface area contributed by atoms with Gasteiger partial charge in [0.15, 0.2) is 0 Å². The van der Waals surface area contributed by atoms with Crippen molar-refractivity contribution in [1.29, 1.82) is 0 Å². The number of amides is 2. The molecule has 0 aromatic heterocycles. The van der Waals surface area contributed by atoms with Gasteiger partial charge in [0, 0.05) is 13.1 Å². The van der Waals surface area contributed by atoms with E-state index in [1.807, 2.05) is 0 Å². The summed E-state index contributed by atoms with van der Waals surface area (Å²) in [5.74, 6) is -0.357. The smallest absolute Gasteiger partial charge is 0.321 e. The number of carbonyl (C=O) groups excluding carboxylic acids is 1. The van der Waals surface area contributed by atoms with Crippen molar-refractivity contribution in [2.45, 2.75) is 6.42 Å². The van der Waals surface area contributed by atoms with Crippen LogP contribution in [0.1, 0.15) is 6.42 Å². The zero-order valence-corrected chi connectivity index (χ0v) is 7.66. The number of benzene rings is 1. The Balaban J connectivity index is 2.29. The topological polar surface area (TPSA) is 32.3 Å². The molecular weight excluding hydrogens is 183 g/mol. The maximum Gasteiger partial charge on any atom is 0.321 e. The van der Waals surface area contributed by atoms with Crippen LogP contribution in [-0.4, -0.2) is 19.1 Å².